The number of aromatic nitrogens is 1. The third-order valence-corrected chi connectivity index (χ3v) is 6.23. The van der Waals surface area contributed by atoms with Crippen LogP contribution in [0.5, 0.6) is 0 Å². The number of guanidine groups is 1. The number of para-hydroxylation sites is 1. The number of nitrogens with one attached hydrogen (secondary N) is 2. The Morgan fingerprint density at radius 3 is 2.45 bits per heavy atom. The lowest BCUT2D eigenvalue weighted by molar-refractivity contribution is 0.598. The third kappa shape index (κ3) is 3.73. The first-order chi connectivity index (χ1) is 13.8. The van der Waals surface area contributed by atoms with Gasteiger partial charge in [-0.25, -0.2) is 0 Å². The van der Waals surface area contributed by atoms with Crippen molar-refractivity contribution >= 4 is 27.4 Å². The lowest BCUT2D eigenvalue weighted by atomic mass is 10.0. The summed E-state index contributed by atoms with van der Waals surface area (Å²) in [5, 5.41) is 6.26. The average molecular weight is 407 g/mol. The van der Waals surface area contributed by atoms with Crippen LogP contribution in [-0.2, 0) is 10.0 Å². The average Bonchev–Trinajstić information content (AvgIpc) is 2.68. The fraction of sp³-hybridized carbons (Fsp3) is 0.182. The molecule has 0 fully saturated rings. The zero-order valence-electron chi connectivity index (χ0n) is 16.5. The molecule has 4 rings (SSSR count). The van der Waals surface area contributed by atoms with Gasteiger partial charge in [0.25, 0.3) is 10.0 Å². The summed E-state index contributed by atoms with van der Waals surface area (Å²) in [6.45, 7) is 6.20. The molecule has 0 radical (unpaired) electrons. The van der Waals surface area contributed by atoms with Crippen LogP contribution in [0.15, 0.2) is 70.2 Å². The van der Waals surface area contributed by atoms with E-state index in [0.717, 1.165) is 22.4 Å². The van der Waals surface area contributed by atoms with Gasteiger partial charge in [0.15, 0.2) is 0 Å². The lowest BCUT2D eigenvalue weighted by Crippen LogP contribution is -2.28. The van der Waals surface area contributed by atoms with Crippen LogP contribution in [0.3, 0.4) is 0 Å². The maximum atomic E-state index is 12.8. The number of nitrogens with zero attached hydrogens (tertiary/aromatic N) is 2. The lowest BCUT2D eigenvalue weighted by Gasteiger charge is -2.22. The zero-order valence-corrected chi connectivity index (χ0v) is 17.3. The molecule has 1 aliphatic heterocycles. The normalized spacial score (nSPS) is 14.7. The van der Waals surface area contributed by atoms with Gasteiger partial charge in [0, 0.05) is 23.6 Å². The van der Waals surface area contributed by atoms with Crippen LogP contribution in [0.2, 0.25) is 0 Å². The molecule has 0 saturated heterocycles. The van der Waals surface area contributed by atoms with Crippen molar-refractivity contribution in [3.8, 4) is 11.1 Å². The van der Waals surface area contributed by atoms with Crippen LogP contribution in [0.1, 0.15) is 30.9 Å². The maximum absolute atomic E-state index is 12.8. The van der Waals surface area contributed by atoms with Crippen LogP contribution in [0.4, 0.5) is 11.4 Å². The SMILES string of the molecule is Cc1cnccc1-c1cccc2c1NC(Nc1ccc(C(C)C)cc1)=NS2(=O)=O. The predicted molar refractivity (Wildman–Crippen MR) is 117 cm³/mol. The van der Waals surface area contributed by atoms with Crippen molar-refractivity contribution in [2.75, 3.05) is 10.6 Å². The van der Waals surface area contributed by atoms with Crippen molar-refractivity contribution in [1.29, 1.82) is 0 Å². The monoisotopic (exact) mass is 406 g/mol. The van der Waals surface area contributed by atoms with E-state index in [1.54, 1.807) is 24.5 Å². The quantitative estimate of drug-likeness (QED) is 0.655. The summed E-state index contributed by atoms with van der Waals surface area (Å²) in [7, 11) is -3.83. The second kappa shape index (κ2) is 7.33. The molecule has 2 N–H and O–H groups in total. The highest BCUT2D eigenvalue weighted by atomic mass is 32.2. The van der Waals surface area contributed by atoms with Crippen molar-refractivity contribution in [1.82, 2.24) is 4.98 Å². The summed E-state index contributed by atoms with van der Waals surface area (Å²) in [5.41, 5.74) is 5.15. The van der Waals surface area contributed by atoms with Crippen molar-refractivity contribution < 1.29 is 8.42 Å². The van der Waals surface area contributed by atoms with Crippen LogP contribution >= 0.6 is 0 Å². The number of sulfonamides is 1. The van der Waals surface area contributed by atoms with E-state index < -0.39 is 10.0 Å². The van der Waals surface area contributed by atoms with Gasteiger partial charge in [0.1, 0.15) is 4.90 Å². The second-order valence-corrected chi connectivity index (χ2v) is 8.88. The summed E-state index contributed by atoms with van der Waals surface area (Å²) in [6, 6.07) is 14.9. The van der Waals surface area contributed by atoms with Gasteiger partial charge in [-0.3, -0.25) is 4.98 Å². The molecule has 7 heteroatoms. The molecule has 148 valence electrons. The fourth-order valence-electron chi connectivity index (χ4n) is 3.33. The first-order valence-corrected chi connectivity index (χ1v) is 10.8. The zero-order chi connectivity index (χ0) is 20.6. The Morgan fingerprint density at radius 2 is 1.76 bits per heavy atom. The Morgan fingerprint density at radius 1 is 1.00 bits per heavy atom. The smallest absolute Gasteiger partial charge is 0.287 e. The van der Waals surface area contributed by atoms with Gasteiger partial charge >= 0.3 is 0 Å². The summed E-state index contributed by atoms with van der Waals surface area (Å²) in [4.78, 5) is 4.29. The molecule has 0 saturated carbocycles. The first kappa shape index (κ1) is 19.1. The molecule has 0 bridgehead atoms. The van der Waals surface area contributed by atoms with Crippen LogP contribution < -0.4 is 10.6 Å². The number of anilines is 2. The standard InChI is InChI=1S/C22H22N4O2S/c1-14(2)16-7-9-17(10-8-16)24-22-25-21-19(18-11-12-23-13-15(18)3)5-4-6-20(21)29(27,28)26-22/h4-14H,1-3H3,(H2,24,25,26). The van der Waals surface area contributed by atoms with Gasteiger partial charge in [-0.05, 0) is 53.8 Å². The van der Waals surface area contributed by atoms with Crippen LogP contribution in [-0.4, -0.2) is 19.4 Å². The van der Waals surface area contributed by atoms with Gasteiger partial charge in [-0.1, -0.05) is 38.1 Å². The Labute approximate surface area is 170 Å². The Kier molecular flexibility index (Phi) is 4.84. The molecule has 0 amide bonds. The molecule has 3 aromatic rings. The Hall–Kier alpha value is -3.19. The van der Waals surface area contributed by atoms with Gasteiger partial charge in [-0.15, -0.1) is 4.40 Å². The fourth-order valence-corrected chi connectivity index (χ4v) is 4.43. The maximum Gasteiger partial charge on any atom is 0.287 e. The summed E-state index contributed by atoms with van der Waals surface area (Å²) in [5.74, 6) is 0.599. The van der Waals surface area contributed by atoms with E-state index >= 15 is 0 Å². The van der Waals surface area contributed by atoms with Crippen LogP contribution in [0, 0.1) is 6.92 Å². The molecular weight excluding hydrogens is 384 g/mol. The molecule has 2 aromatic carbocycles. The number of hydrogen-bond acceptors (Lipinski definition) is 5. The highest BCUT2D eigenvalue weighted by Gasteiger charge is 2.27. The third-order valence-electron chi connectivity index (χ3n) is 4.91. The number of aryl methyl sites for hydroxylation is 1. The molecular formula is C22H22N4O2S. The molecule has 1 aliphatic rings. The van der Waals surface area contributed by atoms with Crippen molar-refractivity contribution in [3.05, 3.63) is 72.1 Å². The van der Waals surface area contributed by atoms with E-state index in [4.69, 9.17) is 0 Å². The van der Waals surface area contributed by atoms with Crippen LogP contribution in [0.25, 0.3) is 11.1 Å². The van der Waals surface area contributed by atoms with Crippen molar-refractivity contribution in [2.24, 2.45) is 4.40 Å². The van der Waals surface area contributed by atoms with Crippen molar-refractivity contribution in [2.45, 2.75) is 31.6 Å². The van der Waals surface area contributed by atoms with E-state index in [0.29, 0.717) is 11.6 Å². The van der Waals surface area contributed by atoms with E-state index in [2.05, 4.69) is 33.9 Å². The van der Waals surface area contributed by atoms with Gasteiger partial charge in [0.2, 0.25) is 5.96 Å². The predicted octanol–water partition coefficient (Wildman–Crippen LogP) is 4.76. The second-order valence-electron chi connectivity index (χ2n) is 7.31. The summed E-state index contributed by atoms with van der Waals surface area (Å²) < 4.78 is 29.5. The molecule has 0 aliphatic carbocycles. The molecule has 0 spiro atoms. The van der Waals surface area contributed by atoms with E-state index in [1.807, 2.05) is 43.3 Å². The highest BCUT2D eigenvalue weighted by Crippen LogP contribution is 2.37. The molecule has 0 atom stereocenters. The minimum Gasteiger partial charge on any atom is -0.325 e. The Balaban J connectivity index is 1.73. The molecule has 2 heterocycles. The number of hydrogen-bond donors (Lipinski definition) is 2. The minimum absolute atomic E-state index is 0.159. The number of pyridine rings is 1. The molecule has 0 unspecified atom stereocenters. The van der Waals surface area contributed by atoms with Gasteiger partial charge in [-0.2, -0.15) is 8.42 Å². The summed E-state index contributed by atoms with van der Waals surface area (Å²) >= 11 is 0. The summed E-state index contributed by atoms with van der Waals surface area (Å²) in [6.07, 6.45) is 3.46. The largest absolute Gasteiger partial charge is 0.325 e. The van der Waals surface area contributed by atoms with E-state index in [1.165, 1.54) is 5.56 Å². The minimum atomic E-state index is -3.83. The molecule has 6 nitrogen and oxygen atoms in total. The van der Waals surface area contributed by atoms with Gasteiger partial charge in [0.05, 0.1) is 5.69 Å². The topological polar surface area (TPSA) is 83.4 Å². The molecule has 29 heavy (non-hydrogen) atoms. The van der Waals surface area contributed by atoms with Gasteiger partial charge < -0.3 is 10.6 Å². The first-order valence-electron chi connectivity index (χ1n) is 9.38. The Bertz CT molecular complexity index is 1200. The van der Waals surface area contributed by atoms with Crippen molar-refractivity contribution in [3.63, 3.8) is 0 Å². The molecule has 1 aromatic heterocycles. The number of rotatable bonds is 3. The number of benzene rings is 2. The van der Waals surface area contributed by atoms with E-state index in [9.17, 15) is 8.42 Å². The number of fused-ring (bicyclic) bond motifs is 1. The highest BCUT2D eigenvalue weighted by molar-refractivity contribution is 7.90. The van der Waals surface area contributed by atoms with E-state index in [-0.39, 0.29) is 10.9 Å².